The lowest BCUT2D eigenvalue weighted by atomic mass is 9.72. The van der Waals surface area contributed by atoms with Crippen LogP contribution in [0.2, 0.25) is 0 Å². The smallest absolute Gasteiger partial charge is 0.412 e. The predicted octanol–water partition coefficient (Wildman–Crippen LogP) is 2.37. The number of nitrogens with one attached hydrogen (secondary N) is 5. The predicted molar refractivity (Wildman–Crippen MR) is 282 cm³/mol. The molecule has 0 aromatic carbocycles. The van der Waals surface area contributed by atoms with Crippen molar-refractivity contribution in [1.29, 1.82) is 0 Å². The summed E-state index contributed by atoms with van der Waals surface area (Å²) in [5.41, 5.74) is -6.62. The number of allylic oxidation sites excluding steroid dienone is 1. The molecule has 450 valence electrons. The number of carbonyl (C=O) groups is 6. The summed E-state index contributed by atoms with van der Waals surface area (Å²) in [5.74, 6) is -2.66. The second kappa shape index (κ2) is 24.9. The largest absolute Gasteiger partial charge is 0.491 e. The number of hydrogen-bond donors (Lipinski definition) is 10. The molecule has 3 heterocycles. The van der Waals surface area contributed by atoms with Crippen LogP contribution in [0.4, 0.5) is 24.0 Å². The topological polar surface area (TPSA) is 344 Å². The van der Waals surface area contributed by atoms with Crippen molar-refractivity contribution in [2.24, 2.45) is 11.8 Å². The van der Waals surface area contributed by atoms with Crippen molar-refractivity contribution in [2.75, 3.05) is 39.8 Å². The maximum atomic E-state index is 14.2. The van der Waals surface area contributed by atoms with E-state index in [9.17, 15) is 54.3 Å². The maximum Gasteiger partial charge on any atom is 0.412 e. The summed E-state index contributed by atoms with van der Waals surface area (Å²) in [6, 6.07) is -5.37. The highest BCUT2D eigenvalue weighted by Gasteiger charge is 2.57. The Hall–Kier alpha value is -5.22. The van der Waals surface area contributed by atoms with E-state index in [0.717, 1.165) is 4.90 Å². The van der Waals surface area contributed by atoms with Crippen LogP contribution in [0.1, 0.15) is 123 Å². The van der Waals surface area contributed by atoms with Gasteiger partial charge in [0.1, 0.15) is 58.2 Å². The SMILES string of the molecule is C=C(C)OC(=O)N[C@@H]1CC=C(CNCC2(O)CC(NC(=O)OC(C)(C)C)C2)OC1[C@H]1[C@H](O)[C@@H](O[C@H]2OC[C@](C)(O)[C@H](N(C)C(=O)OC(C)(C)C)[C@H]2O)[C@H](NC(=O)C(O)C2CN(C(=O)OC(C)(C)C)C2)C[C@@H]1NC(=O)OC(C)(C)C. The molecule has 10 N–H and O–H groups in total. The van der Waals surface area contributed by atoms with E-state index in [1.807, 2.05) is 0 Å². The minimum absolute atomic E-state index is 0.0104. The van der Waals surface area contributed by atoms with E-state index in [-0.39, 0.29) is 63.7 Å². The Labute approximate surface area is 462 Å². The third kappa shape index (κ3) is 18.4. The van der Waals surface area contributed by atoms with Crippen LogP contribution in [0, 0.1) is 11.8 Å². The van der Waals surface area contributed by atoms with Crippen molar-refractivity contribution in [2.45, 2.75) is 223 Å². The fourth-order valence-corrected chi connectivity index (χ4v) is 10.2. The molecule has 26 heteroatoms. The van der Waals surface area contributed by atoms with Gasteiger partial charge < -0.3 is 99.8 Å². The number of rotatable bonds is 15. The molecular weight excluding hydrogens is 1040 g/mol. The summed E-state index contributed by atoms with van der Waals surface area (Å²) in [6.07, 6.45) is -12.2. The van der Waals surface area contributed by atoms with E-state index >= 15 is 0 Å². The molecule has 0 bridgehead atoms. The molecule has 2 unspecified atom stereocenters. The van der Waals surface area contributed by atoms with Crippen LogP contribution in [0.5, 0.6) is 0 Å². The van der Waals surface area contributed by atoms with E-state index < -0.39 is 149 Å². The van der Waals surface area contributed by atoms with Gasteiger partial charge in [-0.05, 0) is 129 Å². The fraction of sp³-hybridized carbons (Fsp3) is 0.811. The maximum absolute atomic E-state index is 14.2. The molecule has 12 atom stereocenters. The van der Waals surface area contributed by atoms with Crippen LogP contribution in [0.25, 0.3) is 0 Å². The molecule has 79 heavy (non-hydrogen) atoms. The lowest BCUT2D eigenvalue weighted by Crippen LogP contribution is -2.71. The molecule has 5 aliphatic rings. The number of nitrogens with zero attached hydrogens (tertiary/aromatic N) is 2. The number of carbonyl (C=O) groups excluding carboxylic acids is 6. The first-order valence-corrected chi connectivity index (χ1v) is 26.8. The number of aliphatic hydroxyl groups is 5. The number of amides is 6. The van der Waals surface area contributed by atoms with E-state index in [1.54, 1.807) is 89.2 Å². The molecule has 5 rings (SSSR count). The second-order valence-electron chi connectivity index (χ2n) is 25.8. The number of likely N-dealkylation sites (N-methyl/N-ethyl adjacent to an activating group) is 1. The Morgan fingerprint density at radius 3 is 1.91 bits per heavy atom. The number of ether oxygens (including phenoxy) is 8. The molecule has 0 spiro atoms. The van der Waals surface area contributed by atoms with Gasteiger partial charge in [0.05, 0.1) is 48.7 Å². The van der Waals surface area contributed by atoms with Gasteiger partial charge in [-0.25, -0.2) is 24.0 Å². The van der Waals surface area contributed by atoms with Crippen LogP contribution in [0.3, 0.4) is 0 Å². The van der Waals surface area contributed by atoms with Crippen LogP contribution in [-0.4, -0.2) is 212 Å². The molecule has 3 aliphatic heterocycles. The summed E-state index contributed by atoms with van der Waals surface area (Å²) < 4.78 is 46.5. The fourth-order valence-electron chi connectivity index (χ4n) is 10.2. The van der Waals surface area contributed by atoms with Gasteiger partial charge in [0.2, 0.25) is 5.91 Å². The van der Waals surface area contributed by atoms with E-state index in [0.29, 0.717) is 5.76 Å². The molecule has 2 saturated carbocycles. The van der Waals surface area contributed by atoms with Crippen LogP contribution >= 0.6 is 0 Å². The average Bonchev–Trinajstić information content (AvgIpc) is 3.22. The first kappa shape index (κ1) is 64.6. The first-order valence-electron chi connectivity index (χ1n) is 26.8. The van der Waals surface area contributed by atoms with Gasteiger partial charge in [-0.2, -0.15) is 0 Å². The van der Waals surface area contributed by atoms with Crippen molar-refractivity contribution in [3.05, 3.63) is 24.2 Å². The summed E-state index contributed by atoms with van der Waals surface area (Å²) in [4.78, 5) is 82.4. The standard InChI is InChI=1S/C53H89N7O19/c1-27(2)73-43(65)57-31-18-17-30(22-54-25-53(71)20-29(21-53)55-44(66)76-48(3,4)5)74-38(31)34-32(58-45(67)77-49(6,7)8)19-33(56-41(64)35(61)28-23-60(24-28)47(69)79-51(12,13)14)39(36(34)62)75-42-37(63)40(52(15,70)26-72-42)59(16)46(68)78-50(9,10)11/h17,28-29,31-40,42,54,61-63,70-71H,1,18-26H2,2-16H3,(H,55,66)(H,56,64)(H,57,65)(H,58,67)/t29?,31-,32+,33-,34-,35?,36+,37-,38?,39+,40-,42-,52+,53?/m1/s1. The quantitative estimate of drug-likeness (QED) is 0.0831. The third-order valence-electron chi connectivity index (χ3n) is 13.5. The molecule has 4 fully saturated rings. The Balaban J connectivity index is 1.50. The van der Waals surface area contributed by atoms with Crippen LogP contribution in [-0.2, 0) is 42.7 Å². The van der Waals surface area contributed by atoms with Gasteiger partial charge in [0.15, 0.2) is 6.29 Å². The Morgan fingerprint density at radius 2 is 1.35 bits per heavy atom. The molecule has 2 saturated heterocycles. The highest BCUT2D eigenvalue weighted by Crippen LogP contribution is 2.40. The molecule has 2 aliphatic carbocycles. The first-order chi connectivity index (χ1) is 36.1. The van der Waals surface area contributed by atoms with Crippen molar-refractivity contribution in [1.82, 2.24) is 36.4 Å². The molecule has 0 radical (unpaired) electrons. The summed E-state index contributed by atoms with van der Waals surface area (Å²) in [5, 5.41) is 73.8. The van der Waals surface area contributed by atoms with E-state index in [1.165, 1.54) is 25.8 Å². The van der Waals surface area contributed by atoms with Crippen molar-refractivity contribution in [3.8, 4) is 0 Å². The number of alkyl carbamates (subject to hydrolysis) is 3. The molecular formula is C53H89N7O19. The molecule has 0 aromatic rings. The van der Waals surface area contributed by atoms with Crippen molar-refractivity contribution >= 4 is 36.4 Å². The van der Waals surface area contributed by atoms with Crippen molar-refractivity contribution in [3.63, 3.8) is 0 Å². The van der Waals surface area contributed by atoms with Gasteiger partial charge in [-0.1, -0.05) is 6.58 Å². The minimum Gasteiger partial charge on any atom is -0.491 e. The van der Waals surface area contributed by atoms with Gasteiger partial charge in [-0.3, -0.25) is 4.79 Å². The monoisotopic (exact) mass is 1130 g/mol. The van der Waals surface area contributed by atoms with Crippen LogP contribution in [0.15, 0.2) is 24.2 Å². The molecule has 26 nitrogen and oxygen atoms in total. The summed E-state index contributed by atoms with van der Waals surface area (Å²) >= 11 is 0. The Bertz CT molecular complexity index is 2220. The zero-order chi connectivity index (χ0) is 59.5. The van der Waals surface area contributed by atoms with Gasteiger partial charge >= 0.3 is 30.5 Å². The Kier molecular flexibility index (Phi) is 20.3. The zero-order valence-corrected chi connectivity index (χ0v) is 48.5. The van der Waals surface area contributed by atoms with E-state index in [2.05, 4.69) is 33.2 Å². The number of aliphatic hydroxyl groups excluding tert-OH is 3. The summed E-state index contributed by atoms with van der Waals surface area (Å²) in [6.45, 7) is 26.1. The number of likely N-dealkylation sites (tertiary alicyclic amines) is 1. The molecule has 6 amide bonds. The lowest BCUT2D eigenvalue weighted by molar-refractivity contribution is -0.306. The summed E-state index contributed by atoms with van der Waals surface area (Å²) in [7, 11) is 1.31. The average molecular weight is 1130 g/mol. The second-order valence-corrected chi connectivity index (χ2v) is 25.8. The third-order valence-corrected chi connectivity index (χ3v) is 13.5. The lowest BCUT2D eigenvalue weighted by Gasteiger charge is -2.52. The normalized spacial score (nSPS) is 31.7. The van der Waals surface area contributed by atoms with Gasteiger partial charge in [0, 0.05) is 50.6 Å². The highest BCUT2D eigenvalue weighted by atomic mass is 16.7. The number of hydrogen-bond acceptors (Lipinski definition) is 20. The highest BCUT2D eigenvalue weighted by molar-refractivity contribution is 5.82. The van der Waals surface area contributed by atoms with Gasteiger partial charge in [-0.15, -0.1) is 0 Å². The molecule has 0 aromatic heterocycles. The zero-order valence-electron chi connectivity index (χ0n) is 48.5. The van der Waals surface area contributed by atoms with Crippen LogP contribution < -0.4 is 26.6 Å². The minimum atomic E-state index is -1.90. The Morgan fingerprint density at radius 1 is 0.797 bits per heavy atom. The van der Waals surface area contributed by atoms with Gasteiger partial charge in [0.25, 0.3) is 0 Å². The van der Waals surface area contributed by atoms with Crippen molar-refractivity contribution < 1.29 is 92.2 Å². The van der Waals surface area contributed by atoms with E-state index in [4.69, 9.17) is 37.9 Å².